The van der Waals surface area contributed by atoms with Crippen LogP contribution in [0.2, 0.25) is 0 Å². The topological polar surface area (TPSA) is 23.5 Å². The van der Waals surface area contributed by atoms with Gasteiger partial charge in [0.15, 0.2) is 0 Å². The van der Waals surface area contributed by atoms with Gasteiger partial charge in [-0.05, 0) is 37.1 Å². The van der Waals surface area contributed by atoms with E-state index in [0.717, 1.165) is 11.1 Å². The fourth-order valence-electron chi connectivity index (χ4n) is 1.93. The van der Waals surface area contributed by atoms with Gasteiger partial charge < -0.3 is 10.0 Å². The Kier molecular flexibility index (Phi) is 14.5. The average molecular weight is 379 g/mol. The standard InChI is InChI=1S/C9H14N.C8H10O.2ClH.Ti/c1-7-5-9(10(3)4)6-8(7)2;1-6-3-7(2)5-8(9)4-6;;;/h5,8H,1-4H3;3-5,9H,1-2H3;2*1H;/q-1;;;;. The number of phenols is 1. The van der Waals surface area contributed by atoms with Crippen molar-refractivity contribution in [2.24, 2.45) is 5.92 Å². The number of likely N-dealkylation sites (N-methyl/N-ethyl adjacent to an activating group) is 1. The van der Waals surface area contributed by atoms with Crippen LogP contribution in [-0.2, 0) is 21.7 Å². The summed E-state index contributed by atoms with van der Waals surface area (Å²) in [7, 11) is 4.09. The zero-order chi connectivity index (χ0) is 14.6. The van der Waals surface area contributed by atoms with E-state index >= 15 is 0 Å². The van der Waals surface area contributed by atoms with Gasteiger partial charge in [-0.15, -0.1) is 30.5 Å². The van der Waals surface area contributed by atoms with E-state index in [4.69, 9.17) is 5.11 Å². The third kappa shape index (κ3) is 8.90. The molecule has 2 nitrogen and oxygen atoms in total. The van der Waals surface area contributed by atoms with Gasteiger partial charge in [-0.3, -0.25) is 0 Å². The van der Waals surface area contributed by atoms with E-state index < -0.39 is 0 Å². The zero-order valence-electron chi connectivity index (χ0n) is 14.1. The number of halogens is 2. The smallest absolute Gasteiger partial charge is 0.116 e. The van der Waals surface area contributed by atoms with Gasteiger partial charge >= 0.3 is 0 Å². The fourth-order valence-corrected chi connectivity index (χ4v) is 1.93. The molecule has 0 aliphatic heterocycles. The molecule has 0 aromatic heterocycles. The number of nitrogens with zero attached hydrogens (tertiary/aromatic N) is 1. The maximum absolute atomic E-state index is 8.99. The number of allylic oxidation sites excluding steroid dienone is 3. The van der Waals surface area contributed by atoms with Crippen LogP contribution in [0.3, 0.4) is 0 Å². The summed E-state index contributed by atoms with van der Waals surface area (Å²) in [5.41, 5.74) is 4.83. The Balaban J connectivity index is -0.000000290. The Morgan fingerprint density at radius 3 is 1.68 bits per heavy atom. The second-order valence-electron chi connectivity index (χ2n) is 5.38. The largest absolute Gasteiger partial charge is 0.508 e. The van der Waals surface area contributed by atoms with Crippen molar-refractivity contribution >= 4 is 24.8 Å². The zero-order valence-corrected chi connectivity index (χ0v) is 17.3. The molecule has 0 saturated heterocycles. The number of hydrogen-bond acceptors (Lipinski definition) is 2. The summed E-state index contributed by atoms with van der Waals surface area (Å²) in [5.74, 6) is 0.866. The Morgan fingerprint density at radius 1 is 1.00 bits per heavy atom. The van der Waals surface area contributed by atoms with Gasteiger partial charge in [0.05, 0.1) is 0 Å². The Bertz CT molecular complexity index is 463. The molecule has 1 aromatic rings. The molecule has 5 heteroatoms. The number of benzene rings is 1. The van der Waals surface area contributed by atoms with E-state index in [0.29, 0.717) is 11.7 Å². The first-order chi connectivity index (χ1) is 8.79. The molecule has 0 heterocycles. The minimum absolute atomic E-state index is 0. The predicted molar refractivity (Wildman–Crippen MR) is 95.4 cm³/mol. The molecule has 1 aliphatic rings. The normalized spacial score (nSPS) is 14.9. The maximum atomic E-state index is 8.99. The number of hydrogen-bond donors (Lipinski definition) is 1. The quantitative estimate of drug-likeness (QED) is 0.566. The molecule has 0 amide bonds. The summed E-state index contributed by atoms with van der Waals surface area (Å²) >= 11 is 0. The number of phenolic OH excluding ortho intramolecular Hbond substituents is 1. The first-order valence-corrected chi connectivity index (χ1v) is 6.56. The van der Waals surface area contributed by atoms with E-state index in [1.807, 2.05) is 34.0 Å². The summed E-state index contributed by atoms with van der Waals surface area (Å²) in [5, 5.41) is 8.99. The van der Waals surface area contributed by atoms with E-state index in [-0.39, 0.29) is 46.5 Å². The molecule has 0 saturated carbocycles. The van der Waals surface area contributed by atoms with E-state index in [1.165, 1.54) is 11.3 Å². The second-order valence-corrected chi connectivity index (χ2v) is 5.38. The minimum Gasteiger partial charge on any atom is -0.508 e. The predicted octanol–water partition coefficient (Wildman–Crippen LogP) is 4.68. The fraction of sp³-hybridized carbons (Fsp3) is 0.412. The van der Waals surface area contributed by atoms with Crippen LogP contribution in [0.4, 0.5) is 0 Å². The van der Waals surface area contributed by atoms with Gasteiger partial charge in [0.25, 0.3) is 0 Å². The Labute approximate surface area is 162 Å². The summed E-state index contributed by atoms with van der Waals surface area (Å²) in [6.07, 6.45) is 5.54. The molecule has 0 radical (unpaired) electrons. The monoisotopic (exact) mass is 378 g/mol. The van der Waals surface area contributed by atoms with Crippen LogP contribution in [0.5, 0.6) is 5.75 Å². The second kappa shape index (κ2) is 12.1. The van der Waals surface area contributed by atoms with Gasteiger partial charge in [0, 0.05) is 35.8 Å². The van der Waals surface area contributed by atoms with Gasteiger partial charge in [-0.1, -0.05) is 25.8 Å². The van der Waals surface area contributed by atoms with Crippen molar-refractivity contribution in [1.82, 2.24) is 4.90 Å². The Hall–Kier alpha value is -0.406. The molecular weight excluding hydrogens is 353 g/mol. The summed E-state index contributed by atoms with van der Waals surface area (Å²) in [6, 6.07) is 5.51. The van der Waals surface area contributed by atoms with E-state index in [2.05, 4.69) is 30.9 Å². The summed E-state index contributed by atoms with van der Waals surface area (Å²) in [4.78, 5) is 2.09. The van der Waals surface area contributed by atoms with Crippen LogP contribution in [0.1, 0.15) is 25.0 Å². The molecule has 124 valence electrons. The third-order valence-electron chi connectivity index (χ3n) is 3.10. The van der Waals surface area contributed by atoms with Crippen LogP contribution < -0.4 is 0 Å². The molecule has 1 N–H and O–H groups in total. The first kappa shape index (κ1) is 26.5. The van der Waals surface area contributed by atoms with E-state index in [9.17, 15) is 0 Å². The van der Waals surface area contributed by atoms with Crippen LogP contribution in [-0.4, -0.2) is 24.1 Å². The first-order valence-electron chi connectivity index (χ1n) is 6.56. The minimum atomic E-state index is 0. The molecule has 0 fully saturated rings. The van der Waals surface area contributed by atoms with Crippen molar-refractivity contribution in [2.45, 2.75) is 27.7 Å². The number of aromatic hydroxyl groups is 1. The van der Waals surface area contributed by atoms with Crippen molar-refractivity contribution in [2.75, 3.05) is 14.1 Å². The summed E-state index contributed by atoms with van der Waals surface area (Å²) in [6.45, 7) is 8.25. The molecular formula is C17H26Cl2NOTi-. The molecule has 2 rings (SSSR count). The molecule has 1 unspecified atom stereocenters. The average Bonchev–Trinajstić information content (AvgIpc) is 2.58. The maximum Gasteiger partial charge on any atom is 0.116 e. The van der Waals surface area contributed by atoms with Crippen molar-refractivity contribution < 1.29 is 26.8 Å². The van der Waals surface area contributed by atoms with E-state index in [1.54, 1.807) is 12.1 Å². The van der Waals surface area contributed by atoms with Gasteiger partial charge in [0.2, 0.25) is 0 Å². The molecule has 0 spiro atoms. The number of aryl methyl sites for hydroxylation is 2. The van der Waals surface area contributed by atoms with Crippen molar-refractivity contribution in [1.29, 1.82) is 0 Å². The third-order valence-corrected chi connectivity index (χ3v) is 3.10. The number of rotatable bonds is 1. The molecule has 1 aliphatic carbocycles. The molecule has 22 heavy (non-hydrogen) atoms. The van der Waals surface area contributed by atoms with Gasteiger partial charge in [-0.2, -0.15) is 11.6 Å². The van der Waals surface area contributed by atoms with Crippen molar-refractivity contribution in [3.63, 3.8) is 0 Å². The van der Waals surface area contributed by atoms with Crippen LogP contribution in [0.15, 0.2) is 35.5 Å². The SMILES string of the molecule is CC1=CC(N(C)C)=[C-]C1C.Cc1cc(C)cc(O)c1.Cl.Cl.[Ti]. The van der Waals surface area contributed by atoms with Crippen LogP contribution in [0.25, 0.3) is 0 Å². The van der Waals surface area contributed by atoms with Gasteiger partial charge in [0.1, 0.15) is 5.75 Å². The molecule has 0 bridgehead atoms. The van der Waals surface area contributed by atoms with Crippen LogP contribution >= 0.6 is 24.8 Å². The van der Waals surface area contributed by atoms with Gasteiger partial charge in [-0.25, -0.2) is 6.08 Å². The Morgan fingerprint density at radius 2 is 1.45 bits per heavy atom. The summed E-state index contributed by atoms with van der Waals surface area (Å²) < 4.78 is 0. The molecule has 1 atom stereocenters. The molecule has 1 aromatic carbocycles. The van der Waals surface area contributed by atoms with Crippen molar-refractivity contribution in [3.05, 3.63) is 52.7 Å². The van der Waals surface area contributed by atoms with Crippen molar-refractivity contribution in [3.8, 4) is 5.75 Å². The van der Waals surface area contributed by atoms with Crippen LogP contribution in [0, 0.1) is 25.8 Å².